The summed E-state index contributed by atoms with van der Waals surface area (Å²) in [7, 11) is 0. The van der Waals surface area contributed by atoms with Gasteiger partial charge in [0, 0.05) is 18.7 Å². The highest BCUT2D eigenvalue weighted by atomic mass is 16.1. The van der Waals surface area contributed by atoms with Crippen molar-refractivity contribution < 1.29 is 4.79 Å². The number of hydrogen-bond donors (Lipinski definition) is 2. The molecule has 0 bridgehead atoms. The van der Waals surface area contributed by atoms with Gasteiger partial charge in [-0.25, -0.2) is 0 Å². The van der Waals surface area contributed by atoms with E-state index in [2.05, 4.69) is 24.1 Å². The lowest BCUT2D eigenvalue weighted by Gasteiger charge is -2.17. The van der Waals surface area contributed by atoms with Crippen LogP contribution in [0, 0.1) is 0 Å². The first-order chi connectivity index (χ1) is 9.71. The summed E-state index contributed by atoms with van der Waals surface area (Å²) in [6.45, 7) is 8.83. The molecule has 0 aliphatic rings. The van der Waals surface area contributed by atoms with Crippen LogP contribution >= 0.6 is 0 Å². The summed E-state index contributed by atoms with van der Waals surface area (Å²) < 4.78 is 0. The molecular weight excluding hydrogens is 250 g/mol. The van der Waals surface area contributed by atoms with E-state index in [1.54, 1.807) is 0 Å². The van der Waals surface area contributed by atoms with Crippen LogP contribution in [0.15, 0.2) is 24.3 Å². The van der Waals surface area contributed by atoms with Crippen molar-refractivity contribution in [3.63, 3.8) is 0 Å². The first kappa shape index (κ1) is 16.7. The molecule has 0 fully saturated rings. The molecule has 0 saturated carbocycles. The van der Waals surface area contributed by atoms with Gasteiger partial charge in [0.1, 0.15) is 0 Å². The smallest absolute Gasteiger partial charge is 0.251 e. The molecule has 112 valence electrons. The first-order valence-electron chi connectivity index (χ1n) is 7.50. The van der Waals surface area contributed by atoms with Crippen molar-refractivity contribution >= 4 is 5.91 Å². The molecule has 4 nitrogen and oxygen atoms in total. The molecule has 1 aromatic carbocycles. The minimum Gasteiger partial charge on any atom is -0.352 e. The standard InChI is InChI=1S/C16H27N3O/c1-3-19(4-2)11-6-5-10-18-16(20)15-9-7-8-14(12-15)13-17/h7-9,12H,3-6,10-11,13,17H2,1-2H3,(H,18,20). The zero-order valence-electron chi connectivity index (χ0n) is 12.7. The Labute approximate surface area is 122 Å². The number of nitrogens with zero attached hydrogens (tertiary/aromatic N) is 1. The summed E-state index contributed by atoms with van der Waals surface area (Å²) in [5.74, 6) is -0.0110. The van der Waals surface area contributed by atoms with Gasteiger partial charge in [0.25, 0.3) is 5.91 Å². The average molecular weight is 277 g/mol. The second-order valence-electron chi connectivity index (χ2n) is 4.89. The van der Waals surface area contributed by atoms with Gasteiger partial charge in [-0.2, -0.15) is 0 Å². The molecule has 0 heterocycles. The van der Waals surface area contributed by atoms with Crippen LogP contribution < -0.4 is 11.1 Å². The van der Waals surface area contributed by atoms with Crippen LogP contribution in [0.2, 0.25) is 0 Å². The SMILES string of the molecule is CCN(CC)CCCCNC(=O)c1cccc(CN)c1. The summed E-state index contributed by atoms with van der Waals surface area (Å²) in [6, 6.07) is 7.48. The summed E-state index contributed by atoms with van der Waals surface area (Å²) in [4.78, 5) is 14.4. The Morgan fingerprint density at radius 1 is 1.25 bits per heavy atom. The Morgan fingerprint density at radius 2 is 2.00 bits per heavy atom. The molecule has 0 saturated heterocycles. The van der Waals surface area contributed by atoms with E-state index in [9.17, 15) is 4.79 Å². The summed E-state index contributed by atoms with van der Waals surface area (Å²) in [5.41, 5.74) is 7.25. The maximum absolute atomic E-state index is 12.0. The van der Waals surface area contributed by atoms with Crippen LogP contribution in [0.1, 0.15) is 42.6 Å². The van der Waals surface area contributed by atoms with Gasteiger partial charge in [-0.1, -0.05) is 26.0 Å². The van der Waals surface area contributed by atoms with Crippen molar-refractivity contribution in [3.05, 3.63) is 35.4 Å². The van der Waals surface area contributed by atoms with Gasteiger partial charge in [0.2, 0.25) is 0 Å². The van der Waals surface area contributed by atoms with Crippen molar-refractivity contribution in [2.45, 2.75) is 33.2 Å². The molecule has 0 unspecified atom stereocenters. The number of rotatable bonds is 9. The molecule has 0 aliphatic heterocycles. The van der Waals surface area contributed by atoms with E-state index in [1.165, 1.54) is 0 Å². The normalized spacial score (nSPS) is 10.8. The lowest BCUT2D eigenvalue weighted by Crippen LogP contribution is -2.27. The van der Waals surface area contributed by atoms with Crippen LogP contribution in [0.25, 0.3) is 0 Å². The van der Waals surface area contributed by atoms with E-state index < -0.39 is 0 Å². The number of carbonyl (C=O) groups excluding carboxylic acids is 1. The summed E-state index contributed by atoms with van der Waals surface area (Å²) in [5, 5.41) is 2.96. The highest BCUT2D eigenvalue weighted by Gasteiger charge is 2.05. The fraction of sp³-hybridized carbons (Fsp3) is 0.562. The molecule has 4 heteroatoms. The van der Waals surface area contributed by atoms with Crippen LogP contribution in [0.3, 0.4) is 0 Å². The van der Waals surface area contributed by atoms with Crippen LogP contribution in [-0.2, 0) is 6.54 Å². The second kappa shape index (κ2) is 9.50. The Bertz CT molecular complexity index is 402. The minimum absolute atomic E-state index is 0.0110. The quantitative estimate of drug-likeness (QED) is 0.679. The number of carbonyl (C=O) groups is 1. The Hall–Kier alpha value is -1.39. The molecular formula is C16H27N3O. The van der Waals surface area contributed by atoms with Crippen molar-refractivity contribution in [1.29, 1.82) is 0 Å². The molecule has 0 radical (unpaired) electrons. The largest absolute Gasteiger partial charge is 0.352 e. The molecule has 20 heavy (non-hydrogen) atoms. The highest BCUT2D eigenvalue weighted by molar-refractivity contribution is 5.94. The van der Waals surface area contributed by atoms with Crippen molar-refractivity contribution in [2.75, 3.05) is 26.2 Å². The molecule has 1 amide bonds. The average Bonchev–Trinajstić information content (AvgIpc) is 2.50. The predicted molar refractivity (Wildman–Crippen MR) is 83.7 cm³/mol. The van der Waals surface area contributed by atoms with E-state index in [-0.39, 0.29) is 5.91 Å². The lowest BCUT2D eigenvalue weighted by molar-refractivity contribution is 0.0952. The Morgan fingerprint density at radius 3 is 2.65 bits per heavy atom. The fourth-order valence-electron chi connectivity index (χ4n) is 2.14. The van der Waals surface area contributed by atoms with Crippen molar-refractivity contribution in [1.82, 2.24) is 10.2 Å². The van der Waals surface area contributed by atoms with Gasteiger partial charge in [-0.3, -0.25) is 4.79 Å². The highest BCUT2D eigenvalue weighted by Crippen LogP contribution is 2.04. The zero-order valence-corrected chi connectivity index (χ0v) is 12.7. The number of unbranched alkanes of at least 4 members (excludes halogenated alkanes) is 1. The first-order valence-corrected chi connectivity index (χ1v) is 7.50. The zero-order chi connectivity index (χ0) is 14.8. The Kier molecular flexibility index (Phi) is 7.92. The van der Waals surface area contributed by atoms with Crippen LogP contribution in [-0.4, -0.2) is 37.0 Å². The van der Waals surface area contributed by atoms with Gasteiger partial charge >= 0.3 is 0 Å². The maximum atomic E-state index is 12.0. The summed E-state index contributed by atoms with van der Waals surface area (Å²) in [6.07, 6.45) is 2.13. The Balaban J connectivity index is 2.26. The van der Waals surface area contributed by atoms with Gasteiger partial charge in [-0.05, 0) is 50.2 Å². The number of hydrogen-bond acceptors (Lipinski definition) is 3. The molecule has 0 aromatic heterocycles. The molecule has 0 atom stereocenters. The van der Waals surface area contributed by atoms with Crippen LogP contribution in [0.4, 0.5) is 0 Å². The third kappa shape index (κ3) is 5.72. The summed E-state index contributed by atoms with van der Waals surface area (Å²) >= 11 is 0. The van der Waals surface area contributed by atoms with Crippen molar-refractivity contribution in [3.8, 4) is 0 Å². The van der Waals surface area contributed by atoms with Crippen LogP contribution in [0.5, 0.6) is 0 Å². The maximum Gasteiger partial charge on any atom is 0.251 e. The fourth-order valence-corrected chi connectivity index (χ4v) is 2.14. The van der Waals surface area contributed by atoms with E-state index >= 15 is 0 Å². The van der Waals surface area contributed by atoms with Crippen molar-refractivity contribution in [2.24, 2.45) is 5.73 Å². The van der Waals surface area contributed by atoms with Gasteiger partial charge < -0.3 is 16.0 Å². The lowest BCUT2D eigenvalue weighted by atomic mass is 10.1. The molecule has 0 spiro atoms. The van der Waals surface area contributed by atoms with E-state index in [1.807, 2.05) is 24.3 Å². The van der Waals surface area contributed by atoms with E-state index in [4.69, 9.17) is 5.73 Å². The molecule has 0 aliphatic carbocycles. The predicted octanol–water partition coefficient (Wildman–Crippen LogP) is 2.00. The van der Waals surface area contributed by atoms with Gasteiger partial charge in [-0.15, -0.1) is 0 Å². The second-order valence-corrected chi connectivity index (χ2v) is 4.89. The minimum atomic E-state index is -0.0110. The topological polar surface area (TPSA) is 58.4 Å². The number of benzene rings is 1. The number of nitrogens with one attached hydrogen (secondary N) is 1. The van der Waals surface area contributed by atoms with Gasteiger partial charge in [0.05, 0.1) is 0 Å². The van der Waals surface area contributed by atoms with Gasteiger partial charge in [0.15, 0.2) is 0 Å². The van der Waals surface area contributed by atoms with E-state index in [0.29, 0.717) is 12.1 Å². The molecule has 1 rings (SSSR count). The number of amides is 1. The van der Waals surface area contributed by atoms with E-state index in [0.717, 1.165) is 44.6 Å². The third-order valence-electron chi connectivity index (χ3n) is 3.51. The third-order valence-corrected chi connectivity index (χ3v) is 3.51. The monoisotopic (exact) mass is 277 g/mol. The number of nitrogens with two attached hydrogens (primary N) is 1. The molecule has 1 aromatic rings. The molecule has 3 N–H and O–H groups in total.